The molecule has 0 saturated carbocycles. The number of hydrogen-bond acceptors (Lipinski definition) is 6. The molecule has 0 aliphatic rings. The van der Waals surface area contributed by atoms with E-state index in [2.05, 4.69) is 10.5 Å². The molecule has 0 radical (unpaired) electrons. The van der Waals surface area contributed by atoms with E-state index in [0.717, 1.165) is 18.4 Å². The molecule has 0 fully saturated rings. The minimum absolute atomic E-state index is 0.113. The van der Waals surface area contributed by atoms with Crippen LogP contribution in [-0.2, 0) is 21.0 Å². The van der Waals surface area contributed by atoms with Crippen molar-refractivity contribution in [2.24, 2.45) is 5.10 Å². The molecule has 0 bridgehead atoms. The lowest BCUT2D eigenvalue weighted by Gasteiger charge is -2.22. The Morgan fingerprint density at radius 1 is 1.28 bits per heavy atom. The van der Waals surface area contributed by atoms with E-state index in [9.17, 15) is 26.4 Å². The quantitative estimate of drug-likeness (QED) is 0.453. The molecule has 0 aliphatic heterocycles. The Morgan fingerprint density at radius 3 is 2.50 bits per heavy atom. The number of sulfonamides is 1. The average Bonchev–Trinajstić information content (AvgIpc) is 2.70. The van der Waals surface area contributed by atoms with Gasteiger partial charge in [-0.2, -0.15) is 23.5 Å². The lowest BCUT2D eigenvalue weighted by atomic mass is 10.2. The topological polar surface area (TPSA) is 112 Å². The summed E-state index contributed by atoms with van der Waals surface area (Å²) in [6, 6.07) is 10.7. The number of carbonyl (C=O) groups excluding carboxylic acids is 1. The Labute approximate surface area is 186 Å². The maximum atomic E-state index is 13.1. The van der Waals surface area contributed by atoms with Crippen LogP contribution in [0.2, 0.25) is 5.02 Å². The highest BCUT2D eigenvalue weighted by atomic mass is 35.5. The zero-order valence-electron chi connectivity index (χ0n) is 16.4. The maximum absolute atomic E-state index is 13.1. The molecular weight excluding hydrogens is 473 g/mol. The number of alkyl halides is 3. The van der Waals surface area contributed by atoms with Crippen molar-refractivity contribution in [1.82, 2.24) is 5.43 Å². The Balaban J connectivity index is 2.11. The molecule has 170 valence electrons. The lowest BCUT2D eigenvalue weighted by molar-refractivity contribution is -0.137. The first-order chi connectivity index (χ1) is 14.9. The van der Waals surface area contributed by atoms with Crippen LogP contribution in [0, 0.1) is 11.3 Å². The molecule has 2 aromatic carbocycles. The van der Waals surface area contributed by atoms with Crippen LogP contribution in [-0.4, -0.2) is 39.9 Å². The fourth-order valence-electron chi connectivity index (χ4n) is 2.40. The molecule has 0 atom stereocenters. The molecule has 1 amide bonds. The summed E-state index contributed by atoms with van der Waals surface area (Å²) in [6.07, 6.45) is -2.79. The Kier molecular flexibility index (Phi) is 8.07. The number of amides is 1. The number of hydrazone groups is 1. The highest BCUT2D eigenvalue weighted by Gasteiger charge is 2.34. The van der Waals surface area contributed by atoms with Gasteiger partial charge in [-0.1, -0.05) is 11.6 Å². The van der Waals surface area contributed by atoms with Gasteiger partial charge in [-0.15, -0.1) is 0 Å². The van der Waals surface area contributed by atoms with Gasteiger partial charge in [0.15, 0.2) is 6.61 Å². The van der Waals surface area contributed by atoms with E-state index in [1.165, 1.54) is 6.21 Å². The Bertz CT molecular complexity index is 1150. The molecule has 0 aromatic heterocycles. The molecule has 0 unspecified atom stereocenters. The van der Waals surface area contributed by atoms with E-state index in [-0.39, 0.29) is 12.3 Å². The van der Waals surface area contributed by atoms with E-state index in [1.807, 2.05) is 6.07 Å². The second-order valence-electron chi connectivity index (χ2n) is 6.24. The van der Waals surface area contributed by atoms with Crippen molar-refractivity contribution in [2.45, 2.75) is 6.18 Å². The second-order valence-corrected chi connectivity index (χ2v) is 8.55. The summed E-state index contributed by atoms with van der Waals surface area (Å²) in [5.74, 6) is -0.429. The van der Waals surface area contributed by atoms with Crippen molar-refractivity contribution in [3.63, 3.8) is 0 Å². The minimum Gasteiger partial charge on any atom is -0.479 e. The summed E-state index contributed by atoms with van der Waals surface area (Å²) in [7, 11) is -4.10. The van der Waals surface area contributed by atoms with Crippen LogP contribution in [0.4, 0.5) is 18.9 Å². The van der Waals surface area contributed by atoms with Gasteiger partial charge in [0.1, 0.15) is 18.4 Å². The van der Waals surface area contributed by atoms with E-state index in [4.69, 9.17) is 21.6 Å². The van der Waals surface area contributed by atoms with Gasteiger partial charge in [-0.3, -0.25) is 9.10 Å². The first kappa shape index (κ1) is 25.0. The van der Waals surface area contributed by atoms with Gasteiger partial charge in [0.25, 0.3) is 5.91 Å². The number of nitriles is 1. The number of hydrogen-bond donors (Lipinski definition) is 1. The van der Waals surface area contributed by atoms with Crippen molar-refractivity contribution < 1.29 is 31.1 Å². The average molecular weight is 489 g/mol. The highest BCUT2D eigenvalue weighted by molar-refractivity contribution is 7.92. The monoisotopic (exact) mass is 488 g/mol. The molecule has 0 saturated heterocycles. The number of ether oxygens (including phenoxy) is 1. The minimum atomic E-state index is -4.81. The summed E-state index contributed by atoms with van der Waals surface area (Å²) in [5.41, 5.74) is 1.06. The third-order valence-electron chi connectivity index (χ3n) is 3.82. The first-order valence-corrected chi connectivity index (χ1v) is 10.9. The zero-order chi connectivity index (χ0) is 23.9. The van der Waals surface area contributed by atoms with Gasteiger partial charge >= 0.3 is 6.18 Å². The van der Waals surface area contributed by atoms with Crippen LogP contribution < -0.4 is 14.5 Å². The number of anilines is 1. The van der Waals surface area contributed by atoms with Crippen molar-refractivity contribution in [3.8, 4) is 11.8 Å². The normalized spacial score (nSPS) is 11.8. The molecule has 32 heavy (non-hydrogen) atoms. The fourth-order valence-corrected chi connectivity index (χ4v) is 3.47. The molecule has 13 heteroatoms. The molecule has 0 aliphatic carbocycles. The summed E-state index contributed by atoms with van der Waals surface area (Å²) < 4.78 is 69.0. The molecule has 2 aromatic rings. The second kappa shape index (κ2) is 10.3. The standard InChI is InChI=1S/C19H16ClF3N4O4S/c1-32(29,30)27(14-4-7-17(20)16(10-14)19(21,22)23)12-18(28)26-25-11-13-2-5-15(6-3-13)31-9-8-24/h2-7,10-11H,9,12H2,1H3,(H,26,28). The fraction of sp³-hybridized carbons (Fsp3) is 0.211. The molecule has 2 rings (SSSR count). The summed E-state index contributed by atoms with van der Waals surface area (Å²) in [6.45, 7) is -0.922. The number of nitrogens with zero attached hydrogens (tertiary/aromatic N) is 3. The Hall–Kier alpha value is -3.30. The molecule has 1 N–H and O–H groups in total. The number of rotatable bonds is 8. The van der Waals surface area contributed by atoms with Crippen LogP contribution in [0.5, 0.6) is 5.75 Å². The summed E-state index contributed by atoms with van der Waals surface area (Å²) in [5, 5.41) is 11.6. The largest absolute Gasteiger partial charge is 0.479 e. The Morgan fingerprint density at radius 2 is 1.94 bits per heavy atom. The van der Waals surface area contributed by atoms with Gasteiger partial charge < -0.3 is 4.74 Å². The van der Waals surface area contributed by atoms with E-state index in [0.29, 0.717) is 21.7 Å². The molecular formula is C19H16ClF3N4O4S. The lowest BCUT2D eigenvalue weighted by Crippen LogP contribution is -2.39. The number of nitrogens with one attached hydrogen (secondary N) is 1. The van der Waals surface area contributed by atoms with E-state index < -0.39 is 39.2 Å². The first-order valence-electron chi connectivity index (χ1n) is 8.68. The predicted octanol–water partition coefficient (Wildman–Crippen LogP) is 3.18. The van der Waals surface area contributed by atoms with Crippen molar-refractivity contribution in [2.75, 3.05) is 23.7 Å². The van der Waals surface area contributed by atoms with Gasteiger partial charge in [0, 0.05) is 0 Å². The van der Waals surface area contributed by atoms with Crippen LogP contribution in [0.1, 0.15) is 11.1 Å². The zero-order valence-corrected chi connectivity index (χ0v) is 18.0. The van der Waals surface area contributed by atoms with Crippen molar-refractivity contribution >= 4 is 39.4 Å². The highest BCUT2D eigenvalue weighted by Crippen LogP contribution is 2.37. The van der Waals surface area contributed by atoms with E-state index >= 15 is 0 Å². The molecule has 0 spiro atoms. The summed E-state index contributed by atoms with van der Waals surface area (Å²) in [4.78, 5) is 12.2. The molecule has 8 nitrogen and oxygen atoms in total. The van der Waals surface area contributed by atoms with Crippen molar-refractivity contribution in [1.29, 1.82) is 5.26 Å². The van der Waals surface area contributed by atoms with Crippen LogP contribution in [0.15, 0.2) is 47.6 Å². The van der Waals surface area contributed by atoms with Crippen molar-refractivity contribution in [3.05, 3.63) is 58.6 Å². The predicted molar refractivity (Wildman–Crippen MR) is 112 cm³/mol. The van der Waals surface area contributed by atoms with Crippen LogP contribution in [0.25, 0.3) is 0 Å². The smallest absolute Gasteiger partial charge is 0.417 e. The van der Waals surface area contributed by atoms with Gasteiger partial charge in [0.05, 0.1) is 28.7 Å². The number of benzene rings is 2. The van der Waals surface area contributed by atoms with Gasteiger partial charge in [-0.25, -0.2) is 13.8 Å². The SMILES string of the molecule is CS(=O)(=O)N(CC(=O)NN=Cc1ccc(OCC#N)cc1)c1ccc(Cl)c(C(F)(F)F)c1. The van der Waals surface area contributed by atoms with Crippen LogP contribution >= 0.6 is 11.6 Å². The third-order valence-corrected chi connectivity index (χ3v) is 5.29. The van der Waals surface area contributed by atoms with Gasteiger partial charge in [-0.05, 0) is 48.0 Å². The number of halogens is 4. The molecule has 0 heterocycles. The van der Waals surface area contributed by atoms with E-state index in [1.54, 1.807) is 24.3 Å². The number of carbonyl (C=O) groups is 1. The van der Waals surface area contributed by atoms with Gasteiger partial charge in [0.2, 0.25) is 10.0 Å². The van der Waals surface area contributed by atoms with Crippen LogP contribution in [0.3, 0.4) is 0 Å². The maximum Gasteiger partial charge on any atom is 0.417 e. The third kappa shape index (κ3) is 7.14. The summed E-state index contributed by atoms with van der Waals surface area (Å²) >= 11 is 5.56.